The van der Waals surface area contributed by atoms with Crippen molar-refractivity contribution in [3.63, 3.8) is 0 Å². The van der Waals surface area contributed by atoms with Crippen molar-refractivity contribution in [3.8, 4) is 0 Å². The standard InChI is InChI=1S/C12H17N.C10H12.C6H8N.CH3.Mo/c1-8(2)10-6-5-7-11(9(3)4)12(10)13;1-10(2,3)9-7-5-4-6-8-9;1-5-3-4-6(2)7-5;;/h5-9H,1-4H3;1,4-8H,2-3H3;3-4H,1-2H3;1H3;/q;;2*-1;+2. The van der Waals surface area contributed by atoms with Crippen LogP contribution in [-0.4, -0.2) is 4.40 Å². The number of benzene rings is 2. The van der Waals surface area contributed by atoms with Crippen molar-refractivity contribution in [2.75, 3.05) is 0 Å². The third-order valence-corrected chi connectivity index (χ3v) is 7.69. The Morgan fingerprint density at radius 2 is 1.28 bits per heavy atom. The first-order valence-electron chi connectivity index (χ1n) is 11.1. The van der Waals surface area contributed by atoms with Crippen LogP contribution in [0.2, 0.25) is 0 Å². The molecule has 0 N–H and O–H groups in total. The molecule has 3 heteroatoms. The Morgan fingerprint density at radius 3 is 1.69 bits per heavy atom. The fourth-order valence-electron chi connectivity index (χ4n) is 3.36. The molecular weight excluding hydrogens is 472 g/mol. The molecule has 3 aromatic rings. The molecule has 2 aromatic carbocycles. The van der Waals surface area contributed by atoms with E-state index in [1.807, 2.05) is 26.0 Å². The van der Waals surface area contributed by atoms with E-state index in [1.54, 1.807) is 0 Å². The minimum absolute atomic E-state index is 0. The average Bonchev–Trinajstić information content (AvgIpc) is 3.11. The van der Waals surface area contributed by atoms with Gasteiger partial charge >= 0.3 is 156 Å². The van der Waals surface area contributed by atoms with Crippen molar-refractivity contribution in [2.24, 2.45) is 3.50 Å². The minimum Gasteiger partial charge on any atom is -0.665 e. The van der Waals surface area contributed by atoms with Gasteiger partial charge in [0.1, 0.15) is 0 Å². The molecule has 0 saturated heterocycles. The Bertz CT molecular complexity index is 978. The van der Waals surface area contributed by atoms with Crippen LogP contribution in [0.4, 0.5) is 5.69 Å². The van der Waals surface area contributed by atoms with Gasteiger partial charge in [0.2, 0.25) is 0 Å². The first kappa shape index (κ1) is 28.1. The number of nitrogens with zero attached hydrogens (tertiary/aromatic N) is 2. The van der Waals surface area contributed by atoms with Crippen LogP contribution in [0.1, 0.15) is 81.5 Å². The number of aryl methyl sites for hydroxylation is 2. The van der Waals surface area contributed by atoms with Gasteiger partial charge < -0.3 is 12.4 Å². The third kappa shape index (κ3) is 8.21. The van der Waals surface area contributed by atoms with Crippen molar-refractivity contribution in [1.29, 1.82) is 0 Å². The van der Waals surface area contributed by atoms with Crippen molar-refractivity contribution >= 4 is 10.1 Å². The van der Waals surface area contributed by atoms with Gasteiger partial charge in [0.05, 0.1) is 0 Å². The first-order valence-corrected chi connectivity index (χ1v) is 13.1. The van der Waals surface area contributed by atoms with Gasteiger partial charge in [-0.3, -0.25) is 0 Å². The van der Waals surface area contributed by atoms with Crippen molar-refractivity contribution in [2.45, 2.75) is 72.6 Å². The van der Waals surface area contributed by atoms with Gasteiger partial charge in [-0.2, -0.15) is 11.4 Å². The van der Waals surface area contributed by atoms with Gasteiger partial charge in [0.25, 0.3) is 0 Å². The number of hydrogen-bond donors (Lipinski definition) is 0. The van der Waals surface area contributed by atoms with E-state index in [-0.39, 0.29) is 12.8 Å². The van der Waals surface area contributed by atoms with Crippen LogP contribution in [0.5, 0.6) is 0 Å². The molecule has 0 atom stereocenters. The maximum atomic E-state index is 5.13. The average molecular weight is 513 g/mol. The van der Waals surface area contributed by atoms with Crippen LogP contribution in [0, 0.1) is 21.3 Å². The van der Waals surface area contributed by atoms with Crippen LogP contribution in [0.15, 0.2) is 64.2 Å². The molecule has 0 aliphatic carbocycles. The summed E-state index contributed by atoms with van der Waals surface area (Å²) in [5, 5.41) is 0. The van der Waals surface area contributed by atoms with E-state index >= 15 is 0 Å². The summed E-state index contributed by atoms with van der Waals surface area (Å²) < 4.78 is 7.59. The summed E-state index contributed by atoms with van der Waals surface area (Å²) in [5.41, 5.74) is 7.69. The quantitative estimate of drug-likeness (QED) is 0.249. The van der Waals surface area contributed by atoms with Crippen LogP contribution in [0.25, 0.3) is 0 Å². The molecule has 1 aromatic heterocycles. The Morgan fingerprint density at radius 1 is 0.781 bits per heavy atom. The fourth-order valence-corrected chi connectivity index (χ4v) is 5.25. The van der Waals surface area contributed by atoms with Crippen LogP contribution in [-0.2, 0) is 23.3 Å². The predicted octanol–water partition coefficient (Wildman–Crippen LogP) is 8.32. The summed E-state index contributed by atoms with van der Waals surface area (Å²) in [5.74, 6) is 1.02. The summed E-state index contributed by atoms with van der Waals surface area (Å²) in [6.45, 7) is 17.6. The second kappa shape index (κ2) is 12.9. The Balaban J connectivity index is 0.000000545. The molecule has 32 heavy (non-hydrogen) atoms. The molecule has 0 aliphatic heterocycles. The summed E-state index contributed by atoms with van der Waals surface area (Å²) in [4.78, 5) is 4.11. The van der Waals surface area contributed by atoms with E-state index in [1.165, 1.54) is 22.4 Å². The van der Waals surface area contributed by atoms with E-state index in [9.17, 15) is 0 Å². The molecule has 0 unspecified atom stereocenters. The van der Waals surface area contributed by atoms with Gasteiger partial charge in [-0.05, 0) is 0 Å². The third-order valence-electron chi connectivity index (χ3n) is 5.27. The first-order chi connectivity index (χ1) is 14.6. The second-order valence-electron chi connectivity index (χ2n) is 9.22. The predicted molar refractivity (Wildman–Crippen MR) is 138 cm³/mol. The largest absolute Gasteiger partial charge is 0.665 e. The molecular formula is C29H40MoN2. The second-order valence-corrected chi connectivity index (χ2v) is 10.8. The molecule has 3 rings (SSSR count). The number of hydrogen-bond acceptors (Lipinski definition) is 1. The smallest absolute Gasteiger partial charge is 0.0607 e. The van der Waals surface area contributed by atoms with Gasteiger partial charge in [-0.15, -0.1) is 0 Å². The van der Waals surface area contributed by atoms with Crippen LogP contribution < -0.4 is 4.98 Å². The van der Waals surface area contributed by atoms with E-state index in [2.05, 4.69) is 99.5 Å². The number of aromatic nitrogens is 1. The van der Waals surface area contributed by atoms with E-state index in [4.69, 9.17) is 3.50 Å². The van der Waals surface area contributed by atoms with Crippen molar-refractivity contribution in [3.05, 3.63) is 96.2 Å². The molecule has 0 bridgehead atoms. The van der Waals surface area contributed by atoms with Crippen molar-refractivity contribution < 1.29 is 17.9 Å². The molecule has 0 amide bonds. The van der Waals surface area contributed by atoms with Gasteiger partial charge in [0, 0.05) is 0 Å². The molecule has 1 heterocycles. The molecule has 0 aliphatic rings. The van der Waals surface area contributed by atoms with Crippen LogP contribution in [0.3, 0.4) is 0 Å². The normalized spacial score (nSPS) is 10.7. The molecule has 0 fully saturated rings. The van der Waals surface area contributed by atoms with Gasteiger partial charge in [-0.1, -0.05) is 26.0 Å². The van der Waals surface area contributed by atoms with E-state index in [0.29, 0.717) is 11.8 Å². The Labute approximate surface area is 204 Å². The summed E-state index contributed by atoms with van der Waals surface area (Å²) >= 11 is -0.553. The summed E-state index contributed by atoms with van der Waals surface area (Å²) in [6.07, 6.45) is 0. The van der Waals surface area contributed by atoms with E-state index in [0.717, 1.165) is 11.4 Å². The maximum absolute atomic E-state index is 5.13. The zero-order chi connectivity index (χ0) is 23.0. The van der Waals surface area contributed by atoms with Crippen LogP contribution >= 0.6 is 0 Å². The minimum atomic E-state index is -0.553. The topological polar surface area (TPSA) is 26.5 Å². The molecule has 0 saturated carbocycles. The fraction of sp³-hybridized carbons (Fsp3) is 0.379. The SMILES string of the molecule is CC(C)c1cccc(C(C)C)c1[N]=[Mo+2]=[CH]C(C)(C)c1ccccc1.Cc1ccc(C)[n-]1.[CH3-]. The molecule has 0 spiro atoms. The Kier molecular flexibility index (Phi) is 11.4. The zero-order valence-corrected chi connectivity index (χ0v) is 23.3. The molecule has 172 valence electrons. The van der Waals surface area contributed by atoms with E-state index < -0.39 is 17.9 Å². The number of rotatable bonds is 5. The maximum Gasteiger partial charge on any atom is -0.0607 e. The summed E-state index contributed by atoms with van der Waals surface area (Å²) in [6, 6.07) is 21.4. The van der Waals surface area contributed by atoms with Crippen molar-refractivity contribution in [1.82, 2.24) is 4.98 Å². The van der Waals surface area contributed by atoms with Gasteiger partial charge in [-0.25, -0.2) is 0 Å². The Hall–Kier alpha value is -1.92. The summed E-state index contributed by atoms with van der Waals surface area (Å²) in [7, 11) is 0. The molecule has 0 radical (unpaired) electrons. The zero-order valence-electron chi connectivity index (χ0n) is 21.3. The molecule has 2 nitrogen and oxygen atoms in total. The van der Waals surface area contributed by atoms with Gasteiger partial charge in [0.15, 0.2) is 0 Å². The monoisotopic (exact) mass is 514 g/mol.